The molecule has 1 atom stereocenters. The van der Waals surface area contributed by atoms with E-state index in [1.807, 2.05) is 71.6 Å². The summed E-state index contributed by atoms with van der Waals surface area (Å²) in [5, 5.41) is 6.68. The molecule has 0 saturated carbocycles. The fourth-order valence-corrected chi connectivity index (χ4v) is 5.95. The Labute approximate surface area is 247 Å². The standard InChI is InChI=1S/C34H39N3O5/c1-34(2)19-26-32(28(38)20-34)33(23-12-15-29(41-4)30(18-23)42-5)37(27-9-7-6-8-25(27)36-26)21-31(39)35-17-16-22-10-13-24(40-3)14-11-22/h6-15,18,33,36H,16-17,19-21H2,1-5H3,(H,35,39). The second kappa shape index (κ2) is 12.2. The van der Waals surface area contributed by atoms with Gasteiger partial charge in [-0.25, -0.2) is 0 Å². The largest absolute Gasteiger partial charge is 0.497 e. The number of para-hydroxylation sites is 2. The number of fused-ring (bicyclic) bond motifs is 1. The highest BCUT2D eigenvalue weighted by molar-refractivity contribution is 6.02. The van der Waals surface area contributed by atoms with Crippen LogP contribution in [0.15, 0.2) is 78.0 Å². The Morgan fingerprint density at radius 2 is 1.69 bits per heavy atom. The van der Waals surface area contributed by atoms with Gasteiger partial charge in [0.1, 0.15) is 5.75 Å². The first-order valence-electron chi connectivity index (χ1n) is 14.2. The normalized spacial score (nSPS) is 17.4. The number of amides is 1. The van der Waals surface area contributed by atoms with Crippen molar-refractivity contribution in [1.29, 1.82) is 0 Å². The van der Waals surface area contributed by atoms with Gasteiger partial charge in [0.2, 0.25) is 5.91 Å². The molecular weight excluding hydrogens is 530 g/mol. The van der Waals surface area contributed by atoms with Gasteiger partial charge in [-0.2, -0.15) is 0 Å². The number of ether oxygens (including phenoxy) is 3. The molecule has 5 rings (SSSR count). The first-order valence-corrected chi connectivity index (χ1v) is 14.2. The molecule has 1 aliphatic carbocycles. The molecule has 8 heteroatoms. The molecule has 0 bridgehead atoms. The van der Waals surface area contributed by atoms with Crippen molar-refractivity contribution in [3.63, 3.8) is 0 Å². The lowest BCUT2D eigenvalue weighted by molar-refractivity contribution is -0.120. The molecule has 8 nitrogen and oxygen atoms in total. The monoisotopic (exact) mass is 569 g/mol. The van der Waals surface area contributed by atoms with E-state index in [0.717, 1.165) is 33.9 Å². The first kappa shape index (κ1) is 29.0. The fraction of sp³-hybridized carbons (Fsp3) is 0.353. The van der Waals surface area contributed by atoms with Crippen molar-refractivity contribution >= 4 is 23.1 Å². The smallest absolute Gasteiger partial charge is 0.239 e. The third-order valence-electron chi connectivity index (χ3n) is 7.94. The summed E-state index contributed by atoms with van der Waals surface area (Å²) < 4.78 is 16.4. The second-order valence-corrected chi connectivity index (χ2v) is 11.6. The van der Waals surface area contributed by atoms with E-state index in [9.17, 15) is 9.59 Å². The van der Waals surface area contributed by atoms with Crippen LogP contribution in [-0.2, 0) is 16.0 Å². The Kier molecular flexibility index (Phi) is 8.43. The zero-order valence-corrected chi connectivity index (χ0v) is 25.0. The van der Waals surface area contributed by atoms with Gasteiger partial charge in [-0.3, -0.25) is 9.59 Å². The summed E-state index contributed by atoms with van der Waals surface area (Å²) in [6.45, 7) is 4.79. The van der Waals surface area contributed by atoms with Crippen LogP contribution >= 0.6 is 0 Å². The van der Waals surface area contributed by atoms with Crippen molar-refractivity contribution in [3.8, 4) is 17.2 Å². The number of carbonyl (C=O) groups is 2. The average molecular weight is 570 g/mol. The zero-order chi connectivity index (χ0) is 29.9. The molecule has 0 fully saturated rings. The number of nitrogens with zero attached hydrogens (tertiary/aromatic N) is 1. The molecule has 2 aliphatic rings. The van der Waals surface area contributed by atoms with Crippen LogP contribution in [0.5, 0.6) is 17.2 Å². The number of hydrogen-bond acceptors (Lipinski definition) is 7. The topological polar surface area (TPSA) is 89.1 Å². The predicted octanol–water partition coefficient (Wildman–Crippen LogP) is 5.69. The maximum atomic E-state index is 13.9. The Morgan fingerprint density at radius 3 is 2.40 bits per heavy atom. The number of benzene rings is 3. The summed E-state index contributed by atoms with van der Waals surface area (Å²) in [5.74, 6) is 1.91. The van der Waals surface area contributed by atoms with Gasteiger partial charge in [-0.1, -0.05) is 44.2 Å². The zero-order valence-electron chi connectivity index (χ0n) is 25.0. The molecule has 1 aliphatic heterocycles. The van der Waals surface area contributed by atoms with Crippen molar-refractivity contribution in [2.45, 2.75) is 39.2 Å². The number of methoxy groups -OCH3 is 3. The second-order valence-electron chi connectivity index (χ2n) is 11.6. The van der Waals surface area contributed by atoms with Crippen molar-refractivity contribution < 1.29 is 23.8 Å². The van der Waals surface area contributed by atoms with Crippen LogP contribution in [0.2, 0.25) is 0 Å². The van der Waals surface area contributed by atoms with Crippen LogP contribution in [0, 0.1) is 5.41 Å². The number of nitrogens with one attached hydrogen (secondary N) is 2. The predicted molar refractivity (Wildman–Crippen MR) is 164 cm³/mol. The number of hydrogen-bond donors (Lipinski definition) is 2. The Hall–Kier alpha value is -4.46. The van der Waals surface area contributed by atoms with Crippen LogP contribution in [0.1, 0.15) is 43.9 Å². The number of rotatable bonds is 9. The maximum absolute atomic E-state index is 13.9. The molecule has 0 saturated heterocycles. The van der Waals surface area contributed by atoms with E-state index in [1.165, 1.54) is 0 Å². The minimum atomic E-state index is -0.508. The molecule has 220 valence electrons. The van der Waals surface area contributed by atoms with E-state index in [4.69, 9.17) is 14.2 Å². The molecule has 1 amide bonds. The van der Waals surface area contributed by atoms with Gasteiger partial charge in [0.25, 0.3) is 0 Å². The Bertz CT molecular complexity index is 1500. The number of anilines is 2. The molecule has 2 N–H and O–H groups in total. The lowest BCUT2D eigenvalue weighted by Crippen LogP contribution is -2.42. The first-order chi connectivity index (χ1) is 20.2. The number of ketones is 1. The summed E-state index contributed by atoms with van der Waals surface area (Å²) in [6, 6.07) is 20.9. The average Bonchev–Trinajstić information content (AvgIpc) is 3.11. The lowest BCUT2D eigenvalue weighted by atomic mass is 9.73. The van der Waals surface area contributed by atoms with Crippen LogP contribution in [0.4, 0.5) is 11.4 Å². The minimum Gasteiger partial charge on any atom is -0.497 e. The van der Waals surface area contributed by atoms with Crippen LogP contribution in [0.3, 0.4) is 0 Å². The van der Waals surface area contributed by atoms with E-state index in [-0.39, 0.29) is 23.7 Å². The molecular formula is C34H39N3O5. The summed E-state index contributed by atoms with van der Waals surface area (Å²) >= 11 is 0. The molecule has 42 heavy (non-hydrogen) atoms. The molecule has 1 unspecified atom stereocenters. The highest BCUT2D eigenvalue weighted by Crippen LogP contribution is 2.49. The van der Waals surface area contributed by atoms with Crippen LogP contribution < -0.4 is 29.7 Å². The summed E-state index contributed by atoms with van der Waals surface area (Å²) in [5.41, 5.74) is 5.06. The van der Waals surface area contributed by atoms with Crippen molar-refractivity contribution in [3.05, 3.63) is 89.1 Å². The highest BCUT2D eigenvalue weighted by Gasteiger charge is 2.42. The van der Waals surface area contributed by atoms with Gasteiger partial charge >= 0.3 is 0 Å². The van der Waals surface area contributed by atoms with Gasteiger partial charge in [-0.05, 0) is 65.8 Å². The number of allylic oxidation sites excluding steroid dienone is 1. The SMILES string of the molecule is COc1ccc(CCNC(=O)CN2c3ccccc3NC3=C(C(=O)CC(C)(C)C3)C2c2ccc(OC)c(OC)c2)cc1. The maximum Gasteiger partial charge on any atom is 0.239 e. The van der Waals surface area contributed by atoms with Crippen molar-refractivity contribution in [2.24, 2.45) is 5.41 Å². The minimum absolute atomic E-state index is 0.0633. The number of Topliss-reactive ketones (excluding diaryl/α,β-unsaturated/α-hetero) is 1. The van der Waals surface area contributed by atoms with E-state index in [2.05, 4.69) is 24.5 Å². The van der Waals surface area contributed by atoms with Crippen molar-refractivity contribution in [2.75, 3.05) is 44.6 Å². The van der Waals surface area contributed by atoms with Gasteiger partial charge in [-0.15, -0.1) is 0 Å². The highest BCUT2D eigenvalue weighted by atomic mass is 16.5. The van der Waals surface area contributed by atoms with Gasteiger partial charge in [0.05, 0.1) is 45.3 Å². The quantitative estimate of drug-likeness (QED) is 0.342. The van der Waals surface area contributed by atoms with E-state index < -0.39 is 6.04 Å². The summed E-state index contributed by atoms with van der Waals surface area (Å²) in [7, 11) is 4.83. The number of carbonyl (C=O) groups excluding carboxylic acids is 2. The van der Waals surface area contributed by atoms with Crippen molar-refractivity contribution in [1.82, 2.24) is 5.32 Å². The van der Waals surface area contributed by atoms with Crippen LogP contribution in [0.25, 0.3) is 0 Å². The summed E-state index contributed by atoms with van der Waals surface area (Å²) in [4.78, 5) is 29.5. The Balaban J connectivity index is 1.52. The van der Waals surface area contributed by atoms with Gasteiger partial charge < -0.3 is 29.7 Å². The fourth-order valence-electron chi connectivity index (χ4n) is 5.95. The Morgan fingerprint density at radius 1 is 0.952 bits per heavy atom. The molecule has 0 radical (unpaired) electrons. The van der Waals surface area contributed by atoms with E-state index in [1.54, 1.807) is 21.3 Å². The van der Waals surface area contributed by atoms with Gasteiger partial charge in [0, 0.05) is 24.2 Å². The molecule has 0 aromatic heterocycles. The summed E-state index contributed by atoms with van der Waals surface area (Å²) in [6.07, 6.45) is 1.83. The molecule has 1 heterocycles. The van der Waals surface area contributed by atoms with E-state index in [0.29, 0.717) is 42.9 Å². The molecule has 3 aromatic rings. The third kappa shape index (κ3) is 6.08. The molecule has 0 spiro atoms. The third-order valence-corrected chi connectivity index (χ3v) is 7.94. The van der Waals surface area contributed by atoms with E-state index >= 15 is 0 Å². The van der Waals surface area contributed by atoms with Crippen LogP contribution in [-0.4, -0.2) is 46.1 Å². The van der Waals surface area contributed by atoms with Gasteiger partial charge in [0.15, 0.2) is 17.3 Å². The lowest BCUT2D eigenvalue weighted by Gasteiger charge is -2.38. The molecule has 3 aromatic carbocycles.